The van der Waals surface area contributed by atoms with Gasteiger partial charge in [0.15, 0.2) is 11.4 Å². The second-order valence-electron chi connectivity index (χ2n) is 3.61. The van der Waals surface area contributed by atoms with Crippen LogP contribution < -0.4 is 10.1 Å². The normalized spacial score (nSPS) is 9.00. The lowest BCUT2D eigenvalue weighted by Crippen LogP contribution is -2.33. The predicted molar refractivity (Wildman–Crippen MR) is 80.8 cm³/mol. The van der Waals surface area contributed by atoms with E-state index in [4.69, 9.17) is 4.74 Å². The zero-order chi connectivity index (χ0) is 12.7. The molecule has 0 atom stereocenters. The Morgan fingerprint density at radius 1 is 1.47 bits per heavy atom. The van der Waals surface area contributed by atoms with Crippen molar-refractivity contribution in [2.45, 2.75) is 6.92 Å². The molecule has 5 nitrogen and oxygen atoms in total. The molecule has 0 fully saturated rings. The molecule has 19 heavy (non-hydrogen) atoms. The largest absolute Gasteiger partial charge is 0.491 e. The summed E-state index contributed by atoms with van der Waals surface area (Å²) < 4.78 is 5.39. The molecule has 0 aliphatic rings. The lowest BCUT2D eigenvalue weighted by atomic mass is 10.3. The summed E-state index contributed by atoms with van der Waals surface area (Å²) in [4.78, 5) is 17.8. The first-order chi connectivity index (χ1) is 8.20. The van der Waals surface area contributed by atoms with Crippen LogP contribution in [0.3, 0.4) is 0 Å². The molecule has 0 spiro atoms. The van der Waals surface area contributed by atoms with Crippen molar-refractivity contribution in [1.29, 1.82) is 0 Å². The average Bonchev–Trinajstić information content (AvgIpc) is 2.36. The Bertz CT molecular complexity index is 378. The Kier molecular flexibility index (Phi) is 11.6. The Morgan fingerprint density at radius 3 is 2.74 bits per heavy atom. The SMILES string of the molecule is CCOc1cccnc1C(=O)N(C)CCNC.Cl.Cl. The van der Waals surface area contributed by atoms with Crippen molar-refractivity contribution in [2.75, 3.05) is 33.8 Å². The van der Waals surface area contributed by atoms with Gasteiger partial charge in [0.2, 0.25) is 0 Å². The van der Waals surface area contributed by atoms with E-state index in [0.717, 1.165) is 6.54 Å². The molecule has 0 radical (unpaired) electrons. The molecule has 0 aromatic carbocycles. The zero-order valence-electron chi connectivity index (χ0n) is 11.4. The summed E-state index contributed by atoms with van der Waals surface area (Å²) >= 11 is 0. The standard InChI is InChI=1S/C12H19N3O2.2ClH/c1-4-17-10-6-5-7-14-11(10)12(16)15(3)9-8-13-2;;/h5-7,13H,4,8-9H2,1-3H3;2*1H. The fourth-order valence-electron chi connectivity index (χ4n) is 1.38. The summed E-state index contributed by atoms with van der Waals surface area (Å²) in [6, 6.07) is 3.52. The van der Waals surface area contributed by atoms with E-state index in [2.05, 4.69) is 10.3 Å². The minimum absolute atomic E-state index is 0. The number of ether oxygens (including phenoxy) is 1. The molecule has 0 saturated carbocycles. The van der Waals surface area contributed by atoms with E-state index < -0.39 is 0 Å². The van der Waals surface area contributed by atoms with E-state index in [1.54, 1.807) is 30.3 Å². The fraction of sp³-hybridized carbons (Fsp3) is 0.500. The number of nitrogens with zero attached hydrogens (tertiary/aromatic N) is 2. The third-order valence-corrected chi connectivity index (χ3v) is 2.32. The number of hydrogen-bond donors (Lipinski definition) is 1. The molecule has 1 rings (SSSR count). The molecule has 110 valence electrons. The van der Waals surface area contributed by atoms with Crippen LogP contribution in [0.1, 0.15) is 17.4 Å². The van der Waals surface area contributed by atoms with Gasteiger partial charge in [-0.05, 0) is 26.1 Å². The fourth-order valence-corrected chi connectivity index (χ4v) is 1.38. The Labute approximate surface area is 126 Å². The molecular weight excluding hydrogens is 289 g/mol. The maximum absolute atomic E-state index is 12.1. The minimum Gasteiger partial charge on any atom is -0.491 e. The molecule has 0 unspecified atom stereocenters. The van der Waals surface area contributed by atoms with Crippen molar-refractivity contribution in [2.24, 2.45) is 0 Å². The third kappa shape index (κ3) is 6.09. The van der Waals surface area contributed by atoms with Gasteiger partial charge in [-0.15, -0.1) is 24.8 Å². The van der Waals surface area contributed by atoms with Crippen LogP contribution in [-0.4, -0.2) is 49.6 Å². The zero-order valence-corrected chi connectivity index (χ0v) is 13.0. The number of carbonyl (C=O) groups excluding carboxylic acids is 1. The quantitative estimate of drug-likeness (QED) is 0.867. The molecule has 1 amide bonds. The first-order valence-corrected chi connectivity index (χ1v) is 5.68. The smallest absolute Gasteiger partial charge is 0.276 e. The van der Waals surface area contributed by atoms with Crippen LogP contribution in [-0.2, 0) is 0 Å². The molecule has 7 heteroatoms. The number of aromatic nitrogens is 1. The van der Waals surface area contributed by atoms with Gasteiger partial charge in [0.25, 0.3) is 5.91 Å². The van der Waals surface area contributed by atoms with E-state index in [1.807, 2.05) is 14.0 Å². The number of rotatable bonds is 6. The molecule has 1 aromatic heterocycles. The molecule has 0 saturated heterocycles. The molecule has 0 bridgehead atoms. The van der Waals surface area contributed by atoms with Crippen molar-refractivity contribution in [3.63, 3.8) is 0 Å². The highest BCUT2D eigenvalue weighted by atomic mass is 35.5. The maximum atomic E-state index is 12.1. The van der Waals surface area contributed by atoms with E-state index >= 15 is 0 Å². The highest BCUT2D eigenvalue weighted by Gasteiger charge is 2.17. The van der Waals surface area contributed by atoms with Crippen LogP contribution in [0.4, 0.5) is 0 Å². The van der Waals surface area contributed by atoms with Crippen LogP contribution in [0.15, 0.2) is 18.3 Å². The van der Waals surface area contributed by atoms with Crippen molar-refractivity contribution in [3.05, 3.63) is 24.0 Å². The van der Waals surface area contributed by atoms with Gasteiger partial charge < -0.3 is 15.0 Å². The molecule has 0 aliphatic heterocycles. The second kappa shape index (κ2) is 10.8. The Hall–Kier alpha value is -1.04. The van der Waals surface area contributed by atoms with Gasteiger partial charge in [0.05, 0.1) is 6.61 Å². The van der Waals surface area contributed by atoms with Crippen LogP contribution in [0.5, 0.6) is 5.75 Å². The second-order valence-corrected chi connectivity index (χ2v) is 3.61. The lowest BCUT2D eigenvalue weighted by molar-refractivity contribution is 0.0786. The molecular formula is C12H21Cl2N3O2. The summed E-state index contributed by atoms with van der Waals surface area (Å²) in [5.74, 6) is 0.417. The van der Waals surface area contributed by atoms with Gasteiger partial charge in [-0.3, -0.25) is 4.79 Å². The van der Waals surface area contributed by atoms with Gasteiger partial charge in [0.1, 0.15) is 0 Å². The monoisotopic (exact) mass is 309 g/mol. The van der Waals surface area contributed by atoms with Crippen molar-refractivity contribution in [3.8, 4) is 5.75 Å². The predicted octanol–water partition coefficient (Wildman–Crippen LogP) is 1.62. The Balaban J connectivity index is 0. The van der Waals surface area contributed by atoms with Crippen molar-refractivity contribution in [1.82, 2.24) is 15.2 Å². The third-order valence-electron chi connectivity index (χ3n) is 2.32. The van der Waals surface area contributed by atoms with Gasteiger partial charge in [-0.2, -0.15) is 0 Å². The number of hydrogen-bond acceptors (Lipinski definition) is 4. The minimum atomic E-state index is -0.121. The van der Waals surface area contributed by atoms with E-state index in [9.17, 15) is 4.79 Å². The topological polar surface area (TPSA) is 54.5 Å². The number of nitrogens with one attached hydrogen (secondary N) is 1. The van der Waals surface area contributed by atoms with Gasteiger partial charge in [-0.1, -0.05) is 0 Å². The maximum Gasteiger partial charge on any atom is 0.276 e. The number of amides is 1. The highest BCUT2D eigenvalue weighted by Crippen LogP contribution is 2.16. The summed E-state index contributed by atoms with van der Waals surface area (Å²) in [5.41, 5.74) is 0.368. The first kappa shape index (κ1) is 20.3. The van der Waals surface area contributed by atoms with Crippen molar-refractivity contribution < 1.29 is 9.53 Å². The number of carbonyl (C=O) groups is 1. The Morgan fingerprint density at radius 2 is 2.16 bits per heavy atom. The van der Waals surface area contributed by atoms with Crippen LogP contribution >= 0.6 is 24.8 Å². The summed E-state index contributed by atoms with van der Waals surface area (Å²) in [7, 11) is 3.61. The van der Waals surface area contributed by atoms with Gasteiger partial charge >= 0.3 is 0 Å². The highest BCUT2D eigenvalue weighted by molar-refractivity contribution is 5.94. The summed E-state index contributed by atoms with van der Waals surface area (Å²) in [5, 5.41) is 3.00. The van der Waals surface area contributed by atoms with Crippen LogP contribution in [0.2, 0.25) is 0 Å². The number of pyridine rings is 1. The molecule has 1 heterocycles. The van der Waals surface area contributed by atoms with Gasteiger partial charge in [0, 0.05) is 26.3 Å². The molecule has 1 aromatic rings. The van der Waals surface area contributed by atoms with Crippen molar-refractivity contribution >= 4 is 30.7 Å². The molecule has 0 aliphatic carbocycles. The van der Waals surface area contributed by atoms with E-state index in [-0.39, 0.29) is 30.7 Å². The van der Waals surface area contributed by atoms with Gasteiger partial charge in [-0.25, -0.2) is 4.98 Å². The number of halogens is 2. The summed E-state index contributed by atoms with van der Waals surface area (Å²) in [6.07, 6.45) is 1.60. The van der Waals surface area contributed by atoms with Crippen LogP contribution in [0, 0.1) is 0 Å². The number of likely N-dealkylation sites (N-methyl/N-ethyl adjacent to an activating group) is 2. The lowest BCUT2D eigenvalue weighted by Gasteiger charge is -2.17. The first-order valence-electron chi connectivity index (χ1n) is 5.68. The molecule has 1 N–H and O–H groups in total. The van der Waals surface area contributed by atoms with E-state index in [0.29, 0.717) is 24.6 Å². The van der Waals surface area contributed by atoms with E-state index in [1.165, 1.54) is 0 Å². The average molecular weight is 310 g/mol. The van der Waals surface area contributed by atoms with Crippen LogP contribution in [0.25, 0.3) is 0 Å². The summed E-state index contributed by atoms with van der Waals surface area (Å²) in [6.45, 7) is 3.79.